The van der Waals surface area contributed by atoms with Crippen molar-refractivity contribution in [3.63, 3.8) is 0 Å². The van der Waals surface area contributed by atoms with Crippen LogP contribution in [0.1, 0.15) is 25.7 Å². The molecule has 0 saturated carbocycles. The average Bonchev–Trinajstić information content (AvgIpc) is 2.89. The van der Waals surface area contributed by atoms with E-state index >= 15 is 0 Å². The van der Waals surface area contributed by atoms with Gasteiger partial charge < -0.3 is 15.0 Å². The SMILES string of the molecule is O=C(Nc1ccccc1Cl)N1C2CCC1CC(Oc1ccccn1)C2. The first-order valence-corrected chi connectivity index (χ1v) is 9.00. The van der Waals surface area contributed by atoms with E-state index in [-0.39, 0.29) is 24.2 Å². The molecule has 6 heteroatoms. The van der Waals surface area contributed by atoms with Gasteiger partial charge in [-0.25, -0.2) is 9.78 Å². The number of hydrogen-bond donors (Lipinski definition) is 1. The number of carbonyl (C=O) groups is 1. The van der Waals surface area contributed by atoms with Crippen molar-refractivity contribution in [3.05, 3.63) is 53.7 Å². The number of benzene rings is 1. The number of ether oxygens (including phenoxy) is 1. The largest absolute Gasteiger partial charge is 0.474 e. The quantitative estimate of drug-likeness (QED) is 0.888. The van der Waals surface area contributed by atoms with Crippen LogP contribution in [-0.4, -0.2) is 34.1 Å². The Balaban J connectivity index is 1.42. The molecule has 2 fully saturated rings. The van der Waals surface area contributed by atoms with Crippen LogP contribution in [0.3, 0.4) is 0 Å². The lowest BCUT2D eigenvalue weighted by Crippen LogP contribution is -2.50. The van der Waals surface area contributed by atoms with Gasteiger partial charge in [-0.2, -0.15) is 0 Å². The Morgan fingerprint density at radius 3 is 2.52 bits per heavy atom. The smallest absolute Gasteiger partial charge is 0.322 e. The van der Waals surface area contributed by atoms with E-state index in [1.54, 1.807) is 12.3 Å². The van der Waals surface area contributed by atoms with Crippen LogP contribution < -0.4 is 10.1 Å². The Morgan fingerprint density at radius 2 is 1.84 bits per heavy atom. The molecule has 2 bridgehead atoms. The zero-order valence-corrected chi connectivity index (χ0v) is 14.5. The zero-order valence-electron chi connectivity index (χ0n) is 13.8. The number of anilines is 1. The maximum Gasteiger partial charge on any atom is 0.322 e. The fraction of sp³-hybridized carbons (Fsp3) is 0.368. The van der Waals surface area contributed by atoms with Crippen LogP contribution in [0.4, 0.5) is 10.5 Å². The third-order valence-electron chi connectivity index (χ3n) is 4.96. The minimum Gasteiger partial charge on any atom is -0.474 e. The molecule has 2 aromatic rings. The lowest BCUT2D eigenvalue weighted by atomic mass is 10.00. The van der Waals surface area contributed by atoms with E-state index in [0.29, 0.717) is 16.6 Å². The zero-order chi connectivity index (χ0) is 17.2. The van der Waals surface area contributed by atoms with Crippen molar-refractivity contribution in [3.8, 4) is 5.88 Å². The summed E-state index contributed by atoms with van der Waals surface area (Å²) in [7, 11) is 0. The van der Waals surface area contributed by atoms with Gasteiger partial charge in [0.05, 0.1) is 10.7 Å². The van der Waals surface area contributed by atoms with Crippen LogP contribution >= 0.6 is 11.6 Å². The molecule has 2 aliphatic rings. The molecule has 3 heterocycles. The van der Waals surface area contributed by atoms with Gasteiger partial charge in [0.25, 0.3) is 0 Å². The molecular formula is C19H20ClN3O2. The summed E-state index contributed by atoms with van der Waals surface area (Å²) in [6.07, 6.45) is 5.55. The highest BCUT2D eigenvalue weighted by molar-refractivity contribution is 6.33. The van der Waals surface area contributed by atoms with Gasteiger partial charge in [0, 0.05) is 37.2 Å². The molecule has 0 spiro atoms. The van der Waals surface area contributed by atoms with E-state index in [9.17, 15) is 4.79 Å². The number of pyridine rings is 1. The molecule has 2 saturated heterocycles. The van der Waals surface area contributed by atoms with Gasteiger partial charge in [0.1, 0.15) is 6.10 Å². The topological polar surface area (TPSA) is 54.5 Å². The maximum atomic E-state index is 12.7. The summed E-state index contributed by atoms with van der Waals surface area (Å²) < 4.78 is 6.01. The molecule has 2 unspecified atom stereocenters. The van der Waals surface area contributed by atoms with Crippen molar-refractivity contribution in [2.75, 3.05) is 5.32 Å². The van der Waals surface area contributed by atoms with Crippen molar-refractivity contribution < 1.29 is 9.53 Å². The Labute approximate surface area is 152 Å². The number of piperidine rings is 1. The van der Waals surface area contributed by atoms with Gasteiger partial charge >= 0.3 is 6.03 Å². The molecule has 1 aromatic carbocycles. The van der Waals surface area contributed by atoms with Crippen LogP contribution in [0.15, 0.2) is 48.7 Å². The van der Waals surface area contributed by atoms with Gasteiger partial charge in [0.2, 0.25) is 5.88 Å². The number of para-hydroxylation sites is 1. The molecule has 2 amide bonds. The summed E-state index contributed by atoms with van der Waals surface area (Å²) in [5.41, 5.74) is 0.653. The number of fused-ring (bicyclic) bond motifs is 2. The van der Waals surface area contributed by atoms with Gasteiger partial charge in [-0.3, -0.25) is 0 Å². The number of nitrogens with one attached hydrogen (secondary N) is 1. The van der Waals surface area contributed by atoms with E-state index < -0.39 is 0 Å². The summed E-state index contributed by atoms with van der Waals surface area (Å²) in [5.74, 6) is 0.654. The molecule has 2 aliphatic heterocycles. The standard InChI is InChI=1S/C19H20ClN3O2/c20-16-5-1-2-6-17(16)22-19(24)23-13-8-9-14(23)12-15(11-13)25-18-7-3-4-10-21-18/h1-7,10,13-15H,8-9,11-12H2,(H,22,24). The molecule has 0 radical (unpaired) electrons. The molecule has 0 aliphatic carbocycles. The lowest BCUT2D eigenvalue weighted by Gasteiger charge is -2.38. The average molecular weight is 358 g/mol. The molecule has 1 aromatic heterocycles. The Kier molecular flexibility index (Phi) is 4.49. The second-order valence-electron chi connectivity index (χ2n) is 6.58. The first-order valence-electron chi connectivity index (χ1n) is 8.62. The van der Waals surface area contributed by atoms with Gasteiger partial charge in [0.15, 0.2) is 0 Å². The molecule has 5 nitrogen and oxygen atoms in total. The van der Waals surface area contributed by atoms with E-state index in [4.69, 9.17) is 16.3 Å². The Hall–Kier alpha value is -2.27. The fourth-order valence-electron chi connectivity index (χ4n) is 3.88. The van der Waals surface area contributed by atoms with Gasteiger partial charge in [-0.05, 0) is 31.0 Å². The number of hydrogen-bond acceptors (Lipinski definition) is 3. The van der Waals surface area contributed by atoms with E-state index in [1.807, 2.05) is 41.3 Å². The first-order chi connectivity index (χ1) is 12.2. The highest BCUT2D eigenvalue weighted by Gasteiger charge is 2.44. The monoisotopic (exact) mass is 357 g/mol. The van der Waals surface area contributed by atoms with E-state index in [2.05, 4.69) is 10.3 Å². The number of amides is 2. The van der Waals surface area contributed by atoms with Crippen LogP contribution in [0.2, 0.25) is 5.02 Å². The van der Waals surface area contributed by atoms with Gasteiger partial charge in [-0.1, -0.05) is 29.8 Å². The second kappa shape index (κ2) is 6.92. The normalized spacial score (nSPS) is 24.8. The third kappa shape index (κ3) is 3.42. The Morgan fingerprint density at radius 1 is 1.12 bits per heavy atom. The summed E-state index contributed by atoms with van der Waals surface area (Å²) in [4.78, 5) is 19.0. The lowest BCUT2D eigenvalue weighted by molar-refractivity contribution is 0.0704. The maximum absolute atomic E-state index is 12.7. The minimum absolute atomic E-state index is 0.0723. The van der Waals surface area contributed by atoms with E-state index in [0.717, 1.165) is 25.7 Å². The number of nitrogens with zero attached hydrogens (tertiary/aromatic N) is 2. The molecule has 25 heavy (non-hydrogen) atoms. The first kappa shape index (κ1) is 16.2. The van der Waals surface area contributed by atoms with Crippen molar-refractivity contribution in [1.29, 1.82) is 0 Å². The van der Waals surface area contributed by atoms with Gasteiger partial charge in [-0.15, -0.1) is 0 Å². The van der Waals surface area contributed by atoms with Crippen molar-refractivity contribution in [2.45, 2.75) is 43.9 Å². The van der Waals surface area contributed by atoms with Crippen molar-refractivity contribution >= 4 is 23.3 Å². The predicted molar refractivity (Wildman–Crippen MR) is 97.0 cm³/mol. The third-order valence-corrected chi connectivity index (χ3v) is 5.29. The van der Waals surface area contributed by atoms with Crippen molar-refractivity contribution in [2.24, 2.45) is 0 Å². The fourth-order valence-corrected chi connectivity index (χ4v) is 4.07. The highest BCUT2D eigenvalue weighted by Crippen LogP contribution is 2.37. The number of carbonyl (C=O) groups excluding carboxylic acids is 1. The minimum atomic E-state index is -0.0723. The second-order valence-corrected chi connectivity index (χ2v) is 6.99. The molecule has 4 rings (SSSR count). The molecular weight excluding hydrogens is 338 g/mol. The molecule has 2 atom stereocenters. The number of halogens is 1. The Bertz CT molecular complexity index is 741. The molecule has 1 N–H and O–H groups in total. The van der Waals surface area contributed by atoms with Crippen molar-refractivity contribution in [1.82, 2.24) is 9.88 Å². The summed E-state index contributed by atoms with van der Waals surface area (Å²) in [6.45, 7) is 0. The van der Waals surface area contributed by atoms with Crippen LogP contribution in [-0.2, 0) is 0 Å². The highest BCUT2D eigenvalue weighted by atomic mass is 35.5. The molecule has 130 valence electrons. The van der Waals surface area contributed by atoms with E-state index in [1.165, 1.54) is 0 Å². The summed E-state index contributed by atoms with van der Waals surface area (Å²) in [5, 5.41) is 3.50. The predicted octanol–water partition coefficient (Wildman–Crippen LogP) is 4.34. The van der Waals surface area contributed by atoms with Crippen LogP contribution in [0.25, 0.3) is 0 Å². The van der Waals surface area contributed by atoms with Crippen LogP contribution in [0, 0.1) is 0 Å². The number of urea groups is 1. The van der Waals surface area contributed by atoms with Crippen LogP contribution in [0.5, 0.6) is 5.88 Å². The summed E-state index contributed by atoms with van der Waals surface area (Å²) >= 11 is 6.15. The number of rotatable bonds is 3. The summed E-state index contributed by atoms with van der Waals surface area (Å²) in [6, 6.07) is 13.3. The number of aromatic nitrogens is 1.